The van der Waals surface area contributed by atoms with Crippen LogP contribution in [0.3, 0.4) is 0 Å². The number of para-hydroxylation sites is 1. The topological polar surface area (TPSA) is 81.8 Å². The lowest BCUT2D eigenvalue weighted by molar-refractivity contribution is -0.131. The van der Waals surface area contributed by atoms with Crippen molar-refractivity contribution in [3.05, 3.63) is 75.4 Å². The van der Waals surface area contributed by atoms with Gasteiger partial charge in [-0.05, 0) is 36.2 Å². The van der Waals surface area contributed by atoms with Crippen LogP contribution in [0, 0.1) is 0 Å². The van der Waals surface area contributed by atoms with Crippen molar-refractivity contribution >= 4 is 39.3 Å². The van der Waals surface area contributed by atoms with Crippen LogP contribution in [0.4, 0.5) is 0 Å². The van der Waals surface area contributed by atoms with Gasteiger partial charge in [0.05, 0.1) is 23.9 Å². The highest BCUT2D eigenvalue weighted by Crippen LogP contribution is 2.19. The van der Waals surface area contributed by atoms with E-state index in [4.69, 9.17) is 11.6 Å². The van der Waals surface area contributed by atoms with E-state index in [1.165, 1.54) is 0 Å². The van der Waals surface area contributed by atoms with Crippen molar-refractivity contribution in [2.24, 2.45) is 0 Å². The molecule has 0 aliphatic rings. The molecule has 1 amide bonds. The molecule has 0 aliphatic carbocycles. The average molecular weight is 409 g/mol. The molecule has 7 heteroatoms. The second kappa shape index (κ2) is 8.09. The molecule has 0 radical (unpaired) electrons. The Labute approximate surface area is 172 Å². The van der Waals surface area contributed by atoms with Gasteiger partial charge in [-0.15, -0.1) is 0 Å². The molecular weight excluding hydrogens is 388 g/mol. The lowest BCUT2D eigenvalue weighted by Crippen LogP contribution is -2.33. The van der Waals surface area contributed by atoms with E-state index in [9.17, 15) is 9.59 Å². The second-order valence-corrected chi connectivity index (χ2v) is 7.46. The maximum absolute atomic E-state index is 13.0. The highest BCUT2D eigenvalue weighted by molar-refractivity contribution is 6.31. The highest BCUT2D eigenvalue weighted by atomic mass is 35.5. The molecule has 2 aromatic heterocycles. The molecule has 6 nitrogen and oxygen atoms in total. The predicted octanol–water partition coefficient (Wildman–Crippen LogP) is 4.04. The van der Waals surface area contributed by atoms with Gasteiger partial charge < -0.3 is 14.9 Å². The summed E-state index contributed by atoms with van der Waals surface area (Å²) in [6.07, 6.45) is 2.97. The number of fused-ring (bicyclic) bond motifs is 2. The number of benzene rings is 2. The van der Waals surface area contributed by atoms with Crippen LogP contribution in [0.1, 0.15) is 24.7 Å². The molecule has 2 N–H and O–H groups in total. The zero-order valence-corrected chi connectivity index (χ0v) is 16.8. The Morgan fingerprint density at radius 3 is 2.83 bits per heavy atom. The summed E-state index contributed by atoms with van der Waals surface area (Å²) in [7, 11) is 0. The first-order valence-electron chi connectivity index (χ1n) is 9.56. The third-order valence-electron chi connectivity index (χ3n) is 4.92. The standard InChI is InChI=1S/C22H21ClN4O2/c1-2-9-27(21(28)10-14-12-24-18-6-4-3-5-16(14)18)13-20-25-19-11-15(23)7-8-17(19)22(29)26-20/h3-8,11-12,24H,2,9-10,13H2,1H3,(H,25,26,29). The van der Waals surface area contributed by atoms with Crippen molar-refractivity contribution in [2.75, 3.05) is 6.54 Å². The number of aromatic amines is 2. The van der Waals surface area contributed by atoms with Gasteiger partial charge in [-0.25, -0.2) is 4.98 Å². The highest BCUT2D eigenvalue weighted by Gasteiger charge is 2.17. The molecule has 0 saturated heterocycles. The molecule has 4 rings (SSSR count). The number of H-pyrrole nitrogens is 2. The number of rotatable bonds is 6. The quantitative estimate of drug-likeness (QED) is 0.505. The van der Waals surface area contributed by atoms with E-state index in [1.807, 2.05) is 37.4 Å². The summed E-state index contributed by atoms with van der Waals surface area (Å²) < 4.78 is 0. The van der Waals surface area contributed by atoms with Crippen molar-refractivity contribution in [1.29, 1.82) is 0 Å². The van der Waals surface area contributed by atoms with Gasteiger partial charge in [0.15, 0.2) is 0 Å². The molecule has 0 saturated carbocycles. The number of halogens is 1. The van der Waals surface area contributed by atoms with Crippen LogP contribution in [0.2, 0.25) is 5.02 Å². The fourth-order valence-corrected chi connectivity index (χ4v) is 3.70. The first-order valence-corrected chi connectivity index (χ1v) is 9.94. The number of nitrogens with zero attached hydrogens (tertiary/aromatic N) is 2. The van der Waals surface area contributed by atoms with E-state index >= 15 is 0 Å². The van der Waals surface area contributed by atoms with Crippen LogP contribution in [0.25, 0.3) is 21.8 Å². The SMILES string of the molecule is CCCN(Cc1nc2cc(Cl)ccc2c(=O)[nH]1)C(=O)Cc1c[nH]c2ccccc12. The average Bonchev–Trinajstić information content (AvgIpc) is 3.10. The Hall–Kier alpha value is -3.12. The van der Waals surface area contributed by atoms with Gasteiger partial charge in [0.25, 0.3) is 5.56 Å². The molecule has 0 aliphatic heterocycles. The van der Waals surface area contributed by atoms with Crippen molar-refractivity contribution in [1.82, 2.24) is 19.9 Å². The summed E-state index contributed by atoms with van der Waals surface area (Å²) in [5, 5.41) is 2.04. The van der Waals surface area contributed by atoms with E-state index in [2.05, 4.69) is 15.0 Å². The monoisotopic (exact) mass is 408 g/mol. The molecule has 0 fully saturated rings. The zero-order valence-electron chi connectivity index (χ0n) is 16.0. The van der Waals surface area contributed by atoms with E-state index in [0.29, 0.717) is 28.3 Å². The van der Waals surface area contributed by atoms with Crippen molar-refractivity contribution in [3.8, 4) is 0 Å². The van der Waals surface area contributed by atoms with Crippen LogP contribution < -0.4 is 5.56 Å². The Balaban J connectivity index is 1.59. The Morgan fingerprint density at radius 2 is 2.00 bits per heavy atom. The van der Waals surface area contributed by atoms with E-state index in [-0.39, 0.29) is 24.4 Å². The second-order valence-electron chi connectivity index (χ2n) is 7.03. The minimum absolute atomic E-state index is 0.00885. The maximum atomic E-state index is 13.0. The molecule has 0 atom stereocenters. The van der Waals surface area contributed by atoms with E-state index in [0.717, 1.165) is 22.9 Å². The summed E-state index contributed by atoms with van der Waals surface area (Å²) in [6, 6.07) is 12.9. The summed E-state index contributed by atoms with van der Waals surface area (Å²) in [4.78, 5) is 37.6. The van der Waals surface area contributed by atoms with E-state index in [1.54, 1.807) is 23.1 Å². The number of carbonyl (C=O) groups is 1. The van der Waals surface area contributed by atoms with Gasteiger partial charge in [-0.3, -0.25) is 9.59 Å². The largest absolute Gasteiger partial charge is 0.361 e. The lowest BCUT2D eigenvalue weighted by Gasteiger charge is -2.21. The van der Waals surface area contributed by atoms with Crippen LogP contribution >= 0.6 is 11.6 Å². The summed E-state index contributed by atoms with van der Waals surface area (Å²) in [5.74, 6) is 0.441. The number of hydrogen-bond acceptors (Lipinski definition) is 3. The van der Waals surface area contributed by atoms with Gasteiger partial charge in [-0.1, -0.05) is 36.7 Å². The molecule has 2 heterocycles. The fourth-order valence-electron chi connectivity index (χ4n) is 3.53. The number of carbonyl (C=O) groups excluding carboxylic acids is 1. The third-order valence-corrected chi connectivity index (χ3v) is 5.16. The Morgan fingerprint density at radius 1 is 1.17 bits per heavy atom. The Bertz CT molecular complexity index is 1240. The van der Waals surface area contributed by atoms with Crippen molar-refractivity contribution in [2.45, 2.75) is 26.3 Å². The summed E-state index contributed by atoms with van der Waals surface area (Å²) >= 11 is 6.04. The van der Waals surface area contributed by atoms with Crippen LogP contribution in [-0.4, -0.2) is 32.3 Å². The van der Waals surface area contributed by atoms with Gasteiger partial charge in [0.2, 0.25) is 5.91 Å². The molecule has 0 unspecified atom stereocenters. The number of hydrogen-bond donors (Lipinski definition) is 2. The maximum Gasteiger partial charge on any atom is 0.258 e. The van der Waals surface area contributed by atoms with Crippen LogP contribution in [0.15, 0.2) is 53.5 Å². The third kappa shape index (κ3) is 4.03. The first-order chi connectivity index (χ1) is 14.0. The van der Waals surface area contributed by atoms with Crippen LogP contribution in [0.5, 0.6) is 0 Å². The Kier molecular flexibility index (Phi) is 5.36. The normalized spacial score (nSPS) is 11.2. The lowest BCUT2D eigenvalue weighted by atomic mass is 10.1. The van der Waals surface area contributed by atoms with Gasteiger partial charge in [0.1, 0.15) is 5.82 Å². The van der Waals surface area contributed by atoms with Crippen LogP contribution in [-0.2, 0) is 17.8 Å². The molecule has 148 valence electrons. The van der Waals surface area contributed by atoms with Crippen molar-refractivity contribution < 1.29 is 4.79 Å². The molecule has 2 aromatic carbocycles. The number of aromatic nitrogens is 3. The van der Waals surface area contributed by atoms with Gasteiger partial charge in [-0.2, -0.15) is 0 Å². The molecule has 4 aromatic rings. The van der Waals surface area contributed by atoms with Crippen molar-refractivity contribution in [3.63, 3.8) is 0 Å². The molecule has 29 heavy (non-hydrogen) atoms. The van der Waals surface area contributed by atoms with Gasteiger partial charge >= 0.3 is 0 Å². The minimum Gasteiger partial charge on any atom is -0.361 e. The number of nitrogens with one attached hydrogen (secondary N) is 2. The first kappa shape index (κ1) is 19.2. The predicted molar refractivity (Wildman–Crippen MR) is 115 cm³/mol. The smallest absolute Gasteiger partial charge is 0.258 e. The summed E-state index contributed by atoms with van der Waals surface area (Å²) in [5.41, 5.74) is 2.26. The molecular formula is C22H21ClN4O2. The van der Waals surface area contributed by atoms with E-state index < -0.39 is 0 Å². The molecule has 0 bridgehead atoms. The summed E-state index contributed by atoms with van der Waals surface area (Å²) in [6.45, 7) is 2.84. The van der Waals surface area contributed by atoms with Gasteiger partial charge in [0, 0.05) is 28.7 Å². The molecule has 0 spiro atoms. The minimum atomic E-state index is -0.234. The fraction of sp³-hybridized carbons (Fsp3) is 0.227. The zero-order chi connectivity index (χ0) is 20.4. The number of amides is 1.